The number of carbonyl (C=O) groups is 2. The van der Waals surface area contributed by atoms with Gasteiger partial charge in [0, 0.05) is 38.6 Å². The van der Waals surface area contributed by atoms with Crippen LogP contribution in [0.3, 0.4) is 0 Å². The Morgan fingerprint density at radius 2 is 1.79 bits per heavy atom. The molecule has 0 spiro atoms. The van der Waals surface area contributed by atoms with Crippen molar-refractivity contribution in [2.75, 3.05) is 26.7 Å². The average molecular weight is 387 g/mol. The maximum Gasteiger partial charge on any atom is 0.320 e. The number of likely N-dealkylation sites (tertiary alicyclic amines) is 1. The van der Waals surface area contributed by atoms with E-state index < -0.39 is 0 Å². The van der Waals surface area contributed by atoms with E-state index in [1.54, 1.807) is 4.90 Å². The average Bonchev–Trinajstić information content (AvgIpc) is 2.74. The molecule has 2 fully saturated rings. The molecular formula is C22H34N4O2. The molecule has 2 atom stereocenters. The first-order valence-electron chi connectivity index (χ1n) is 10.6. The molecule has 2 aliphatic rings. The van der Waals surface area contributed by atoms with Crippen molar-refractivity contribution >= 4 is 11.9 Å². The molecule has 3 N–H and O–H groups in total. The molecule has 1 aliphatic carbocycles. The molecule has 0 radical (unpaired) electrons. The third-order valence-corrected chi connectivity index (χ3v) is 6.26. The van der Waals surface area contributed by atoms with Gasteiger partial charge >= 0.3 is 6.03 Å². The van der Waals surface area contributed by atoms with Gasteiger partial charge in [0.15, 0.2) is 0 Å². The van der Waals surface area contributed by atoms with Crippen LogP contribution in [-0.4, -0.2) is 54.5 Å². The lowest BCUT2D eigenvalue weighted by Crippen LogP contribution is -2.50. The Morgan fingerprint density at radius 3 is 2.46 bits per heavy atom. The zero-order valence-electron chi connectivity index (χ0n) is 17.0. The minimum Gasteiger partial charge on any atom is -0.353 e. The Bertz CT molecular complexity index is 643. The summed E-state index contributed by atoms with van der Waals surface area (Å²) in [5.41, 5.74) is 7.00. The minimum absolute atomic E-state index is 0.00355. The van der Waals surface area contributed by atoms with E-state index in [2.05, 4.69) is 5.32 Å². The topological polar surface area (TPSA) is 78.7 Å². The molecule has 2 unspecified atom stereocenters. The summed E-state index contributed by atoms with van der Waals surface area (Å²) in [6.07, 6.45) is 6.00. The fraction of sp³-hybridized carbons (Fsp3) is 0.636. The van der Waals surface area contributed by atoms with Gasteiger partial charge in [-0.05, 0) is 43.7 Å². The number of hydrogen-bond donors (Lipinski definition) is 2. The molecule has 3 rings (SSSR count). The lowest BCUT2D eigenvalue weighted by Gasteiger charge is -2.36. The summed E-state index contributed by atoms with van der Waals surface area (Å²) < 4.78 is 0. The number of benzene rings is 1. The number of amides is 3. The predicted octanol–water partition coefficient (Wildman–Crippen LogP) is 2.58. The summed E-state index contributed by atoms with van der Waals surface area (Å²) in [5.74, 6) is 0.560. The molecule has 1 aromatic rings. The van der Waals surface area contributed by atoms with Crippen molar-refractivity contribution in [2.24, 2.45) is 17.6 Å². The highest BCUT2D eigenvalue weighted by molar-refractivity contribution is 5.80. The second-order valence-corrected chi connectivity index (χ2v) is 8.28. The predicted molar refractivity (Wildman–Crippen MR) is 111 cm³/mol. The standard InChI is InChI=1S/C22H34N4O2/c1-25(16-17-7-3-2-4-8-17)22(28)26-13-11-18(12-14-26)21(27)24-20-10-6-5-9-19(20)15-23/h2-4,7-8,18-20H,5-6,9-16,23H2,1H3,(H,24,27). The minimum atomic E-state index is 0.00355. The van der Waals surface area contributed by atoms with Crippen molar-refractivity contribution in [3.8, 4) is 0 Å². The Morgan fingerprint density at radius 1 is 1.11 bits per heavy atom. The van der Waals surface area contributed by atoms with Gasteiger partial charge in [0.25, 0.3) is 0 Å². The van der Waals surface area contributed by atoms with Crippen molar-refractivity contribution in [3.63, 3.8) is 0 Å². The lowest BCUT2D eigenvalue weighted by atomic mass is 9.84. The first-order valence-corrected chi connectivity index (χ1v) is 10.6. The van der Waals surface area contributed by atoms with Crippen LogP contribution in [0.15, 0.2) is 30.3 Å². The molecule has 1 saturated carbocycles. The van der Waals surface area contributed by atoms with Gasteiger partial charge in [0.05, 0.1) is 0 Å². The monoisotopic (exact) mass is 386 g/mol. The molecule has 6 nitrogen and oxygen atoms in total. The maximum absolute atomic E-state index is 12.7. The Kier molecular flexibility index (Phi) is 7.31. The molecule has 1 aliphatic heterocycles. The second kappa shape index (κ2) is 9.92. The number of nitrogens with one attached hydrogen (secondary N) is 1. The fourth-order valence-corrected chi connectivity index (χ4v) is 4.48. The van der Waals surface area contributed by atoms with E-state index >= 15 is 0 Å². The van der Waals surface area contributed by atoms with Gasteiger partial charge in [0.1, 0.15) is 0 Å². The van der Waals surface area contributed by atoms with E-state index in [9.17, 15) is 9.59 Å². The van der Waals surface area contributed by atoms with Crippen LogP contribution in [0.2, 0.25) is 0 Å². The van der Waals surface area contributed by atoms with E-state index in [4.69, 9.17) is 5.73 Å². The Balaban J connectivity index is 1.45. The summed E-state index contributed by atoms with van der Waals surface area (Å²) in [6, 6.07) is 10.3. The highest BCUT2D eigenvalue weighted by Gasteiger charge is 2.31. The van der Waals surface area contributed by atoms with Crippen molar-refractivity contribution in [2.45, 2.75) is 51.1 Å². The summed E-state index contributed by atoms with van der Waals surface area (Å²) in [5, 5.41) is 3.26. The zero-order valence-corrected chi connectivity index (χ0v) is 17.0. The van der Waals surface area contributed by atoms with Crippen molar-refractivity contribution in [3.05, 3.63) is 35.9 Å². The third-order valence-electron chi connectivity index (χ3n) is 6.26. The summed E-state index contributed by atoms with van der Waals surface area (Å²) in [6.45, 7) is 2.52. The number of urea groups is 1. The Labute approximate surface area is 168 Å². The highest BCUT2D eigenvalue weighted by atomic mass is 16.2. The third kappa shape index (κ3) is 5.25. The van der Waals surface area contributed by atoms with Crippen LogP contribution in [0.1, 0.15) is 44.1 Å². The number of piperidine rings is 1. The molecule has 3 amide bonds. The number of nitrogens with two attached hydrogens (primary N) is 1. The van der Waals surface area contributed by atoms with E-state index in [0.717, 1.165) is 31.2 Å². The van der Waals surface area contributed by atoms with E-state index in [1.807, 2.05) is 42.3 Å². The smallest absolute Gasteiger partial charge is 0.320 e. The zero-order chi connectivity index (χ0) is 19.9. The number of hydrogen-bond acceptors (Lipinski definition) is 3. The highest BCUT2D eigenvalue weighted by Crippen LogP contribution is 2.25. The first-order chi connectivity index (χ1) is 13.6. The molecule has 0 bridgehead atoms. The number of rotatable bonds is 5. The van der Waals surface area contributed by atoms with E-state index in [0.29, 0.717) is 32.1 Å². The molecule has 6 heteroatoms. The van der Waals surface area contributed by atoms with Crippen molar-refractivity contribution in [1.82, 2.24) is 15.1 Å². The van der Waals surface area contributed by atoms with Gasteiger partial charge in [-0.2, -0.15) is 0 Å². The normalized spacial score (nSPS) is 23.3. The van der Waals surface area contributed by atoms with Crippen molar-refractivity contribution in [1.29, 1.82) is 0 Å². The van der Waals surface area contributed by atoms with Crippen molar-refractivity contribution < 1.29 is 9.59 Å². The van der Waals surface area contributed by atoms with Crippen LogP contribution in [-0.2, 0) is 11.3 Å². The van der Waals surface area contributed by atoms with Crippen LogP contribution in [0.4, 0.5) is 4.79 Å². The summed E-state index contributed by atoms with van der Waals surface area (Å²) >= 11 is 0. The second-order valence-electron chi connectivity index (χ2n) is 8.28. The fourth-order valence-electron chi connectivity index (χ4n) is 4.48. The SMILES string of the molecule is CN(Cc1ccccc1)C(=O)N1CCC(C(=O)NC2CCCCC2CN)CC1. The van der Waals surface area contributed by atoms with Crippen LogP contribution >= 0.6 is 0 Å². The van der Waals surface area contributed by atoms with Crippen LogP contribution in [0.5, 0.6) is 0 Å². The molecular weight excluding hydrogens is 352 g/mol. The molecule has 1 aromatic carbocycles. The molecule has 0 aromatic heterocycles. The Hall–Kier alpha value is -2.08. The van der Waals surface area contributed by atoms with Crippen LogP contribution < -0.4 is 11.1 Å². The lowest BCUT2D eigenvalue weighted by molar-refractivity contribution is -0.127. The summed E-state index contributed by atoms with van der Waals surface area (Å²) in [7, 11) is 1.84. The van der Waals surface area contributed by atoms with Gasteiger partial charge in [-0.1, -0.05) is 43.2 Å². The van der Waals surface area contributed by atoms with E-state index in [-0.39, 0.29) is 23.9 Å². The maximum atomic E-state index is 12.7. The van der Waals surface area contributed by atoms with E-state index in [1.165, 1.54) is 12.8 Å². The number of nitrogens with zero attached hydrogens (tertiary/aromatic N) is 2. The van der Waals surface area contributed by atoms with Crippen LogP contribution in [0.25, 0.3) is 0 Å². The molecule has 28 heavy (non-hydrogen) atoms. The van der Waals surface area contributed by atoms with Gasteiger partial charge in [-0.15, -0.1) is 0 Å². The van der Waals surface area contributed by atoms with Gasteiger partial charge in [-0.25, -0.2) is 4.79 Å². The first kappa shape index (κ1) is 20.6. The molecule has 1 saturated heterocycles. The van der Waals surface area contributed by atoms with Gasteiger partial charge in [0.2, 0.25) is 5.91 Å². The van der Waals surface area contributed by atoms with Gasteiger partial charge < -0.3 is 20.9 Å². The molecule has 154 valence electrons. The largest absolute Gasteiger partial charge is 0.353 e. The van der Waals surface area contributed by atoms with Gasteiger partial charge in [-0.3, -0.25) is 4.79 Å². The number of carbonyl (C=O) groups excluding carboxylic acids is 2. The summed E-state index contributed by atoms with van der Waals surface area (Å²) in [4.78, 5) is 29.1. The quantitative estimate of drug-likeness (QED) is 0.816. The molecule has 1 heterocycles. The van der Waals surface area contributed by atoms with Crippen LogP contribution in [0, 0.1) is 11.8 Å².